The molecule has 1 aromatic carbocycles. The predicted molar refractivity (Wildman–Crippen MR) is 114 cm³/mol. The van der Waals surface area contributed by atoms with Gasteiger partial charge in [0.2, 0.25) is 11.0 Å². The molecule has 0 aliphatic carbocycles. The van der Waals surface area contributed by atoms with E-state index in [0.29, 0.717) is 22.1 Å². The van der Waals surface area contributed by atoms with Crippen molar-refractivity contribution in [1.29, 1.82) is 5.26 Å². The van der Waals surface area contributed by atoms with Crippen LogP contribution in [0.4, 0.5) is 5.13 Å². The van der Waals surface area contributed by atoms with Gasteiger partial charge in [-0.2, -0.15) is 5.26 Å². The number of hydrogen-bond acceptors (Lipinski definition) is 8. The Morgan fingerprint density at radius 1 is 1.28 bits per heavy atom. The molecule has 3 aromatic rings. The van der Waals surface area contributed by atoms with Gasteiger partial charge in [0, 0.05) is 5.56 Å². The molecule has 0 radical (unpaired) electrons. The molecule has 0 aliphatic rings. The maximum atomic E-state index is 12.7. The van der Waals surface area contributed by atoms with Gasteiger partial charge in [-0.15, -0.1) is 10.2 Å². The van der Waals surface area contributed by atoms with Gasteiger partial charge in [0.05, 0.1) is 23.6 Å². The van der Waals surface area contributed by atoms with Crippen LogP contribution in [0.5, 0.6) is 5.75 Å². The summed E-state index contributed by atoms with van der Waals surface area (Å²) in [4.78, 5) is 17.3. The summed E-state index contributed by atoms with van der Waals surface area (Å²) in [5.74, 6) is 0.570. The van der Waals surface area contributed by atoms with Crippen molar-refractivity contribution in [3.05, 3.63) is 47.0 Å². The highest BCUT2D eigenvalue weighted by atomic mass is 32.2. The molecule has 0 bridgehead atoms. The predicted octanol–water partition coefficient (Wildman–Crippen LogP) is 4.30. The summed E-state index contributed by atoms with van der Waals surface area (Å²) in [6.07, 6.45) is 0.577. The van der Waals surface area contributed by atoms with E-state index in [9.17, 15) is 10.1 Å². The number of rotatable bonds is 7. The largest absolute Gasteiger partial charge is 0.497 e. The Labute approximate surface area is 177 Å². The number of nitriles is 1. The van der Waals surface area contributed by atoms with E-state index in [1.54, 1.807) is 19.2 Å². The second kappa shape index (κ2) is 9.49. The van der Waals surface area contributed by atoms with E-state index in [1.165, 1.54) is 23.1 Å². The lowest BCUT2D eigenvalue weighted by Crippen LogP contribution is -2.24. The summed E-state index contributed by atoms with van der Waals surface area (Å²) in [7, 11) is 1.61. The Morgan fingerprint density at radius 2 is 2.03 bits per heavy atom. The normalized spacial score (nSPS) is 11.5. The number of thioether (sulfide) groups is 1. The van der Waals surface area contributed by atoms with Gasteiger partial charge in [0.1, 0.15) is 21.9 Å². The molecule has 9 heteroatoms. The summed E-state index contributed by atoms with van der Waals surface area (Å²) in [5.41, 5.74) is 2.06. The lowest BCUT2D eigenvalue weighted by molar-refractivity contribution is -0.115. The lowest BCUT2D eigenvalue weighted by Gasteiger charge is -2.14. The highest BCUT2D eigenvalue weighted by molar-refractivity contribution is 8.00. The van der Waals surface area contributed by atoms with Gasteiger partial charge < -0.3 is 4.74 Å². The van der Waals surface area contributed by atoms with Crippen molar-refractivity contribution >= 4 is 34.1 Å². The zero-order chi connectivity index (χ0) is 20.8. The highest BCUT2D eigenvalue weighted by Gasteiger charge is 2.22. The third-order valence-corrected chi connectivity index (χ3v) is 6.16. The molecule has 0 fully saturated rings. The van der Waals surface area contributed by atoms with Crippen LogP contribution in [-0.2, 0) is 4.79 Å². The van der Waals surface area contributed by atoms with Gasteiger partial charge in [-0.3, -0.25) is 10.1 Å². The molecule has 1 unspecified atom stereocenters. The maximum absolute atomic E-state index is 12.7. The number of carbonyl (C=O) groups excluding carboxylic acids is 1. The molecule has 1 N–H and O–H groups in total. The Kier molecular flexibility index (Phi) is 6.80. The van der Waals surface area contributed by atoms with Gasteiger partial charge in [-0.25, -0.2) is 4.98 Å². The Balaban J connectivity index is 1.83. The third-order valence-electron chi connectivity index (χ3n) is 4.04. The van der Waals surface area contributed by atoms with Crippen LogP contribution in [0.25, 0.3) is 11.3 Å². The smallest absolute Gasteiger partial charge is 0.239 e. The maximum Gasteiger partial charge on any atom is 0.239 e. The van der Waals surface area contributed by atoms with E-state index in [0.717, 1.165) is 22.0 Å². The van der Waals surface area contributed by atoms with Crippen LogP contribution < -0.4 is 10.1 Å². The number of aryl methyl sites for hydroxylation is 1. The molecule has 0 spiro atoms. The number of anilines is 1. The SMILES string of the molecule is CCC(Sc1nc(-c2ccc(OC)cc2)ccc1C#N)C(=O)Nc1nnc(C)s1. The molecule has 148 valence electrons. The van der Waals surface area contributed by atoms with Crippen molar-refractivity contribution in [3.63, 3.8) is 0 Å². The minimum Gasteiger partial charge on any atom is -0.497 e. The van der Waals surface area contributed by atoms with E-state index >= 15 is 0 Å². The van der Waals surface area contributed by atoms with Crippen LogP contribution in [0.3, 0.4) is 0 Å². The van der Waals surface area contributed by atoms with E-state index in [4.69, 9.17) is 4.74 Å². The number of hydrogen-bond donors (Lipinski definition) is 1. The van der Waals surface area contributed by atoms with Gasteiger partial charge in [-0.1, -0.05) is 30.0 Å². The van der Waals surface area contributed by atoms with Crippen molar-refractivity contribution in [2.75, 3.05) is 12.4 Å². The van der Waals surface area contributed by atoms with Crippen LogP contribution in [0.1, 0.15) is 23.9 Å². The summed E-state index contributed by atoms with van der Waals surface area (Å²) in [6, 6.07) is 13.2. The molecule has 0 saturated heterocycles. The average molecular weight is 426 g/mol. The number of nitrogens with one attached hydrogen (secondary N) is 1. The Hall–Kier alpha value is -2.96. The zero-order valence-corrected chi connectivity index (χ0v) is 17.8. The number of ether oxygens (including phenoxy) is 1. The minimum atomic E-state index is -0.412. The van der Waals surface area contributed by atoms with Crippen molar-refractivity contribution in [2.45, 2.75) is 30.5 Å². The molecular formula is C20H19N5O2S2. The van der Waals surface area contributed by atoms with Crippen LogP contribution in [0.2, 0.25) is 0 Å². The molecule has 0 aliphatic heterocycles. The average Bonchev–Trinajstić information content (AvgIpc) is 3.16. The first-order valence-corrected chi connectivity index (χ1v) is 10.6. The molecule has 1 amide bonds. The van der Waals surface area contributed by atoms with Crippen LogP contribution in [0.15, 0.2) is 41.4 Å². The number of carbonyl (C=O) groups is 1. The number of benzene rings is 1. The van der Waals surface area contributed by atoms with E-state index in [-0.39, 0.29) is 5.91 Å². The monoisotopic (exact) mass is 425 g/mol. The molecule has 0 saturated carbocycles. The van der Waals surface area contributed by atoms with Crippen molar-refractivity contribution in [3.8, 4) is 23.1 Å². The van der Waals surface area contributed by atoms with Gasteiger partial charge in [0.25, 0.3) is 0 Å². The van der Waals surface area contributed by atoms with Crippen LogP contribution in [-0.4, -0.2) is 33.4 Å². The molecule has 2 aromatic heterocycles. The second-order valence-corrected chi connectivity index (χ2v) is 8.39. The number of amides is 1. The Morgan fingerprint density at radius 3 is 2.62 bits per heavy atom. The molecule has 29 heavy (non-hydrogen) atoms. The molecular weight excluding hydrogens is 406 g/mol. The van der Waals surface area contributed by atoms with Crippen molar-refractivity contribution in [2.24, 2.45) is 0 Å². The van der Waals surface area contributed by atoms with Crippen molar-refractivity contribution in [1.82, 2.24) is 15.2 Å². The summed E-state index contributed by atoms with van der Waals surface area (Å²) in [5, 5.41) is 21.5. The van der Waals surface area contributed by atoms with E-state index < -0.39 is 5.25 Å². The second-order valence-electron chi connectivity index (χ2n) is 6.02. The van der Waals surface area contributed by atoms with Crippen LogP contribution in [0, 0.1) is 18.3 Å². The zero-order valence-electron chi connectivity index (χ0n) is 16.2. The summed E-state index contributed by atoms with van der Waals surface area (Å²) < 4.78 is 5.19. The number of aromatic nitrogens is 3. The lowest BCUT2D eigenvalue weighted by atomic mass is 10.1. The minimum absolute atomic E-state index is 0.186. The highest BCUT2D eigenvalue weighted by Crippen LogP contribution is 2.31. The van der Waals surface area contributed by atoms with Crippen molar-refractivity contribution < 1.29 is 9.53 Å². The first-order chi connectivity index (χ1) is 14.0. The van der Waals surface area contributed by atoms with E-state index in [2.05, 4.69) is 26.6 Å². The number of pyridine rings is 1. The fraction of sp³-hybridized carbons (Fsp3) is 0.250. The molecule has 1 atom stereocenters. The van der Waals surface area contributed by atoms with Gasteiger partial charge in [-0.05, 0) is 49.7 Å². The first-order valence-electron chi connectivity index (χ1n) is 8.87. The number of nitrogens with zero attached hydrogens (tertiary/aromatic N) is 4. The van der Waals surface area contributed by atoms with Gasteiger partial charge >= 0.3 is 0 Å². The topological polar surface area (TPSA) is 101 Å². The quantitative estimate of drug-likeness (QED) is 0.563. The number of methoxy groups -OCH3 is 1. The van der Waals surface area contributed by atoms with Crippen LogP contribution >= 0.6 is 23.1 Å². The fourth-order valence-corrected chi connectivity index (χ4v) is 4.12. The Bertz CT molecular complexity index is 1040. The molecule has 7 nitrogen and oxygen atoms in total. The van der Waals surface area contributed by atoms with E-state index in [1.807, 2.05) is 38.1 Å². The third kappa shape index (κ3) is 5.10. The first kappa shape index (κ1) is 20.8. The fourth-order valence-electron chi connectivity index (χ4n) is 2.53. The molecule has 2 heterocycles. The summed E-state index contributed by atoms with van der Waals surface area (Å²) in [6.45, 7) is 3.75. The van der Waals surface area contributed by atoms with Gasteiger partial charge in [0.15, 0.2) is 0 Å². The summed E-state index contributed by atoms with van der Waals surface area (Å²) >= 11 is 2.60. The molecule has 3 rings (SSSR count). The standard InChI is InChI=1S/C20H19N5O2S2/c1-4-17(18(26)23-20-25-24-12(2)28-20)29-19-14(11-21)7-10-16(22-19)13-5-8-15(27-3)9-6-13/h5-10,17H,4H2,1-3H3,(H,23,25,26).